The van der Waals surface area contributed by atoms with E-state index in [9.17, 15) is 0 Å². The molecule has 0 atom stereocenters. The lowest BCUT2D eigenvalue weighted by molar-refractivity contribution is 0.542. The van der Waals surface area contributed by atoms with Gasteiger partial charge in [0.15, 0.2) is 5.58 Å². The average Bonchev–Trinajstić information content (AvgIpc) is 2.69. The van der Waals surface area contributed by atoms with Gasteiger partial charge in [-0.05, 0) is 24.5 Å². The molecule has 0 fully saturated rings. The van der Waals surface area contributed by atoms with Crippen molar-refractivity contribution in [2.75, 3.05) is 18.5 Å². The molecule has 0 aliphatic carbocycles. The van der Waals surface area contributed by atoms with Crippen LogP contribution in [0.4, 0.5) is 6.01 Å². The second-order valence-corrected chi connectivity index (χ2v) is 4.57. The second kappa shape index (κ2) is 4.56. The normalized spacial score (nSPS) is 11.2. The number of rotatable bonds is 4. The van der Waals surface area contributed by atoms with E-state index in [0.717, 1.165) is 24.1 Å². The molecule has 0 aliphatic rings. The maximum atomic E-state index is 5.68. The lowest BCUT2D eigenvalue weighted by atomic mass is 10.1. The first-order valence-corrected chi connectivity index (χ1v) is 5.73. The largest absolute Gasteiger partial charge is 0.423 e. The molecule has 0 spiro atoms. The van der Waals surface area contributed by atoms with Gasteiger partial charge >= 0.3 is 0 Å². The van der Waals surface area contributed by atoms with Gasteiger partial charge in [-0.1, -0.05) is 26.0 Å². The van der Waals surface area contributed by atoms with Gasteiger partial charge in [0.2, 0.25) is 0 Å². The summed E-state index contributed by atoms with van der Waals surface area (Å²) in [4.78, 5) is 6.52. The van der Waals surface area contributed by atoms with E-state index < -0.39 is 0 Å². The molecule has 0 bridgehead atoms. The molecule has 0 amide bonds. The summed E-state index contributed by atoms with van der Waals surface area (Å²) < 4.78 is 5.68. The molecule has 86 valence electrons. The van der Waals surface area contributed by atoms with Crippen molar-refractivity contribution in [3.8, 4) is 0 Å². The fourth-order valence-electron chi connectivity index (χ4n) is 1.57. The smallest absolute Gasteiger partial charge is 0.298 e. The van der Waals surface area contributed by atoms with Crippen LogP contribution in [-0.4, -0.2) is 18.6 Å². The van der Waals surface area contributed by atoms with Crippen LogP contribution < -0.4 is 4.90 Å². The van der Waals surface area contributed by atoms with E-state index in [0.29, 0.717) is 11.9 Å². The van der Waals surface area contributed by atoms with Crippen molar-refractivity contribution in [3.63, 3.8) is 0 Å². The number of benzene rings is 1. The van der Waals surface area contributed by atoms with Crippen molar-refractivity contribution in [3.05, 3.63) is 24.3 Å². The van der Waals surface area contributed by atoms with Crippen LogP contribution in [-0.2, 0) is 0 Å². The van der Waals surface area contributed by atoms with Gasteiger partial charge in [0, 0.05) is 13.6 Å². The molecule has 1 aromatic carbocycles. The summed E-state index contributed by atoms with van der Waals surface area (Å²) in [7, 11) is 2.02. The molecular weight excluding hydrogens is 200 g/mol. The molecule has 3 nitrogen and oxygen atoms in total. The SMILES string of the molecule is CC(C)CCN(C)c1nc2ccccc2o1. The Morgan fingerprint density at radius 3 is 2.75 bits per heavy atom. The summed E-state index contributed by atoms with van der Waals surface area (Å²) in [6.07, 6.45) is 1.15. The number of oxazole rings is 1. The first-order valence-electron chi connectivity index (χ1n) is 5.73. The van der Waals surface area contributed by atoms with Gasteiger partial charge in [-0.25, -0.2) is 0 Å². The average molecular weight is 218 g/mol. The Hall–Kier alpha value is -1.51. The molecule has 2 rings (SSSR count). The molecule has 3 heteroatoms. The highest BCUT2D eigenvalue weighted by atomic mass is 16.4. The zero-order chi connectivity index (χ0) is 11.5. The first-order chi connectivity index (χ1) is 7.66. The Labute approximate surface area is 96.1 Å². The lowest BCUT2D eigenvalue weighted by Crippen LogP contribution is -2.19. The number of hydrogen-bond acceptors (Lipinski definition) is 3. The zero-order valence-corrected chi connectivity index (χ0v) is 10.1. The number of nitrogens with zero attached hydrogens (tertiary/aromatic N) is 2. The van der Waals surface area contributed by atoms with Crippen molar-refractivity contribution >= 4 is 17.1 Å². The Balaban J connectivity index is 2.13. The molecule has 0 aliphatic heterocycles. The highest BCUT2D eigenvalue weighted by Gasteiger charge is 2.09. The number of para-hydroxylation sites is 2. The summed E-state index contributed by atoms with van der Waals surface area (Å²) in [6, 6.07) is 8.57. The van der Waals surface area contributed by atoms with Crippen molar-refractivity contribution in [1.29, 1.82) is 0 Å². The van der Waals surface area contributed by atoms with E-state index in [1.54, 1.807) is 0 Å². The van der Waals surface area contributed by atoms with Gasteiger partial charge in [-0.2, -0.15) is 4.98 Å². The fraction of sp³-hybridized carbons (Fsp3) is 0.462. The van der Waals surface area contributed by atoms with Crippen LogP contribution in [0.3, 0.4) is 0 Å². The monoisotopic (exact) mass is 218 g/mol. The predicted molar refractivity (Wildman–Crippen MR) is 66.7 cm³/mol. The van der Waals surface area contributed by atoms with E-state index in [1.165, 1.54) is 0 Å². The minimum absolute atomic E-state index is 0.701. The number of aromatic nitrogens is 1. The standard InChI is InChI=1S/C13H18N2O/c1-10(2)8-9-15(3)13-14-11-6-4-5-7-12(11)16-13/h4-7,10H,8-9H2,1-3H3. The van der Waals surface area contributed by atoms with E-state index in [-0.39, 0.29) is 0 Å². The van der Waals surface area contributed by atoms with Crippen LogP contribution in [0.5, 0.6) is 0 Å². The van der Waals surface area contributed by atoms with Crippen LogP contribution in [0, 0.1) is 5.92 Å². The third-order valence-corrected chi connectivity index (χ3v) is 2.65. The van der Waals surface area contributed by atoms with Crippen molar-refractivity contribution < 1.29 is 4.42 Å². The Bertz CT molecular complexity index is 429. The molecule has 0 saturated carbocycles. The third kappa shape index (κ3) is 2.35. The molecule has 16 heavy (non-hydrogen) atoms. The number of anilines is 1. The van der Waals surface area contributed by atoms with E-state index in [2.05, 4.69) is 23.7 Å². The van der Waals surface area contributed by atoms with Gasteiger partial charge < -0.3 is 9.32 Å². The highest BCUT2D eigenvalue weighted by molar-refractivity contribution is 5.74. The molecule has 0 unspecified atom stereocenters. The summed E-state index contributed by atoms with van der Waals surface area (Å²) in [6.45, 7) is 5.42. The van der Waals surface area contributed by atoms with E-state index in [4.69, 9.17) is 4.42 Å². The van der Waals surface area contributed by atoms with Gasteiger partial charge in [0.25, 0.3) is 6.01 Å². The Kier molecular flexibility index (Phi) is 3.13. The minimum Gasteiger partial charge on any atom is -0.423 e. The van der Waals surface area contributed by atoms with Crippen molar-refractivity contribution in [1.82, 2.24) is 4.98 Å². The predicted octanol–water partition coefficient (Wildman–Crippen LogP) is 3.31. The molecule has 1 heterocycles. The summed E-state index contributed by atoms with van der Waals surface area (Å²) in [5.74, 6) is 0.701. The molecule has 0 N–H and O–H groups in total. The zero-order valence-electron chi connectivity index (χ0n) is 10.1. The second-order valence-electron chi connectivity index (χ2n) is 4.57. The Morgan fingerprint density at radius 1 is 1.31 bits per heavy atom. The topological polar surface area (TPSA) is 29.3 Å². The van der Waals surface area contributed by atoms with Crippen molar-refractivity contribution in [2.24, 2.45) is 5.92 Å². The van der Waals surface area contributed by atoms with E-state index >= 15 is 0 Å². The van der Waals surface area contributed by atoms with Crippen LogP contribution in [0.15, 0.2) is 28.7 Å². The molecular formula is C13H18N2O. The van der Waals surface area contributed by atoms with Gasteiger partial charge in [-0.3, -0.25) is 0 Å². The molecule has 1 aromatic heterocycles. The molecule has 0 saturated heterocycles. The highest BCUT2D eigenvalue weighted by Crippen LogP contribution is 2.20. The van der Waals surface area contributed by atoms with Crippen LogP contribution in [0.1, 0.15) is 20.3 Å². The quantitative estimate of drug-likeness (QED) is 0.788. The maximum Gasteiger partial charge on any atom is 0.298 e. The maximum absolute atomic E-state index is 5.68. The summed E-state index contributed by atoms with van der Waals surface area (Å²) in [5.41, 5.74) is 1.78. The molecule has 0 radical (unpaired) electrons. The fourth-order valence-corrected chi connectivity index (χ4v) is 1.57. The van der Waals surface area contributed by atoms with Gasteiger partial charge in [-0.15, -0.1) is 0 Å². The van der Waals surface area contributed by atoms with Gasteiger partial charge in [0.1, 0.15) is 5.52 Å². The number of fused-ring (bicyclic) bond motifs is 1. The van der Waals surface area contributed by atoms with Crippen molar-refractivity contribution in [2.45, 2.75) is 20.3 Å². The summed E-state index contributed by atoms with van der Waals surface area (Å²) in [5, 5.41) is 0. The van der Waals surface area contributed by atoms with Crippen LogP contribution in [0.25, 0.3) is 11.1 Å². The van der Waals surface area contributed by atoms with Crippen LogP contribution in [0.2, 0.25) is 0 Å². The minimum atomic E-state index is 0.701. The first kappa shape index (κ1) is 11.0. The number of hydrogen-bond donors (Lipinski definition) is 0. The van der Waals surface area contributed by atoms with E-state index in [1.807, 2.05) is 31.3 Å². The van der Waals surface area contributed by atoms with Gasteiger partial charge in [0.05, 0.1) is 0 Å². The van der Waals surface area contributed by atoms with Crippen LogP contribution >= 0.6 is 0 Å². The molecule has 2 aromatic rings. The lowest BCUT2D eigenvalue weighted by Gasteiger charge is -2.15. The Morgan fingerprint density at radius 2 is 2.06 bits per heavy atom. The third-order valence-electron chi connectivity index (χ3n) is 2.65. The summed E-state index contributed by atoms with van der Waals surface area (Å²) >= 11 is 0.